The molecule has 0 amide bonds. The standard InChI is InChI=1S/C12H15NO2S/c1-9(5-4-8-14)13-12(15)10-6-2-3-7-11(10)16-13/h2-3,6-7,9,14H,4-5,8H2,1H3. The van der Waals surface area contributed by atoms with Crippen molar-refractivity contribution >= 4 is 21.6 Å². The molecule has 86 valence electrons. The first-order valence-electron chi connectivity index (χ1n) is 5.45. The van der Waals surface area contributed by atoms with E-state index in [9.17, 15) is 4.79 Å². The average molecular weight is 237 g/mol. The summed E-state index contributed by atoms with van der Waals surface area (Å²) in [5.74, 6) is 0. The molecular formula is C12H15NO2S. The van der Waals surface area contributed by atoms with Gasteiger partial charge in [0.2, 0.25) is 0 Å². The van der Waals surface area contributed by atoms with Crippen LogP contribution in [0.1, 0.15) is 25.8 Å². The third-order valence-electron chi connectivity index (χ3n) is 2.69. The lowest BCUT2D eigenvalue weighted by Gasteiger charge is -2.09. The molecule has 0 radical (unpaired) electrons. The molecule has 2 rings (SSSR count). The van der Waals surface area contributed by atoms with Crippen LogP contribution in [-0.4, -0.2) is 15.7 Å². The van der Waals surface area contributed by atoms with Crippen molar-refractivity contribution in [1.82, 2.24) is 3.96 Å². The minimum atomic E-state index is 0.0889. The van der Waals surface area contributed by atoms with Crippen LogP contribution in [0.15, 0.2) is 29.1 Å². The smallest absolute Gasteiger partial charge is 0.268 e. The van der Waals surface area contributed by atoms with Gasteiger partial charge < -0.3 is 5.11 Å². The number of aromatic nitrogens is 1. The number of aliphatic hydroxyl groups is 1. The number of rotatable bonds is 4. The highest BCUT2D eigenvalue weighted by Gasteiger charge is 2.11. The molecule has 1 unspecified atom stereocenters. The van der Waals surface area contributed by atoms with Crippen molar-refractivity contribution in [3.8, 4) is 0 Å². The number of nitrogens with zero attached hydrogens (tertiary/aromatic N) is 1. The van der Waals surface area contributed by atoms with Gasteiger partial charge in [0.25, 0.3) is 5.56 Å². The number of benzene rings is 1. The van der Waals surface area contributed by atoms with Gasteiger partial charge in [0, 0.05) is 12.6 Å². The van der Waals surface area contributed by atoms with Gasteiger partial charge in [-0.2, -0.15) is 0 Å². The topological polar surface area (TPSA) is 42.2 Å². The molecule has 0 bridgehead atoms. The highest BCUT2D eigenvalue weighted by molar-refractivity contribution is 7.13. The van der Waals surface area contributed by atoms with E-state index in [0.717, 1.165) is 22.9 Å². The average Bonchev–Trinajstić information content (AvgIpc) is 2.64. The van der Waals surface area contributed by atoms with Crippen molar-refractivity contribution < 1.29 is 5.11 Å². The second-order valence-corrected chi connectivity index (χ2v) is 4.95. The predicted molar refractivity (Wildman–Crippen MR) is 67.1 cm³/mol. The second kappa shape index (κ2) is 4.80. The Morgan fingerprint density at radius 3 is 2.88 bits per heavy atom. The van der Waals surface area contributed by atoms with Crippen molar-refractivity contribution in [2.24, 2.45) is 0 Å². The summed E-state index contributed by atoms with van der Waals surface area (Å²) in [5.41, 5.74) is 0.0889. The highest BCUT2D eigenvalue weighted by atomic mass is 32.1. The van der Waals surface area contributed by atoms with E-state index in [1.807, 2.05) is 31.2 Å². The molecule has 0 aliphatic rings. The van der Waals surface area contributed by atoms with Crippen LogP contribution in [0.3, 0.4) is 0 Å². The summed E-state index contributed by atoms with van der Waals surface area (Å²) in [6.45, 7) is 2.20. The fraction of sp³-hybridized carbons (Fsp3) is 0.417. The molecule has 3 nitrogen and oxygen atoms in total. The number of hydrogen-bond acceptors (Lipinski definition) is 3. The normalized spacial score (nSPS) is 13.1. The Labute approximate surface area is 98.1 Å². The summed E-state index contributed by atoms with van der Waals surface area (Å²) in [6.07, 6.45) is 1.57. The summed E-state index contributed by atoms with van der Waals surface area (Å²) < 4.78 is 2.84. The lowest BCUT2D eigenvalue weighted by atomic mass is 10.2. The maximum absolute atomic E-state index is 12.0. The molecule has 0 aliphatic carbocycles. The molecule has 0 spiro atoms. The lowest BCUT2D eigenvalue weighted by Crippen LogP contribution is -2.17. The van der Waals surface area contributed by atoms with Gasteiger partial charge in [0.1, 0.15) is 0 Å². The zero-order valence-corrected chi connectivity index (χ0v) is 10.0. The predicted octanol–water partition coefficient (Wildman–Crippen LogP) is 2.40. The third-order valence-corrected chi connectivity index (χ3v) is 3.97. The SMILES string of the molecule is CC(CCCO)n1sc2ccccc2c1=O. The van der Waals surface area contributed by atoms with Crippen molar-refractivity contribution in [1.29, 1.82) is 0 Å². The number of fused-ring (bicyclic) bond motifs is 1. The fourth-order valence-corrected chi connectivity index (χ4v) is 2.85. The Morgan fingerprint density at radius 1 is 1.44 bits per heavy atom. The Balaban J connectivity index is 2.38. The number of hydrogen-bond donors (Lipinski definition) is 1. The molecular weight excluding hydrogens is 222 g/mol. The zero-order valence-electron chi connectivity index (χ0n) is 9.22. The number of aliphatic hydroxyl groups excluding tert-OH is 1. The molecule has 1 atom stereocenters. The minimum Gasteiger partial charge on any atom is -0.396 e. The minimum absolute atomic E-state index is 0.0889. The van der Waals surface area contributed by atoms with Gasteiger partial charge in [-0.05, 0) is 31.9 Å². The highest BCUT2D eigenvalue weighted by Crippen LogP contribution is 2.21. The molecule has 1 N–H and O–H groups in total. The van der Waals surface area contributed by atoms with Crippen LogP contribution in [0.2, 0.25) is 0 Å². The Kier molecular flexibility index (Phi) is 3.41. The Hall–Kier alpha value is -1.13. The molecule has 1 aromatic heterocycles. The lowest BCUT2D eigenvalue weighted by molar-refractivity contribution is 0.275. The van der Waals surface area contributed by atoms with Crippen LogP contribution in [0.4, 0.5) is 0 Å². The van der Waals surface area contributed by atoms with E-state index < -0.39 is 0 Å². The molecule has 2 aromatic rings. The maximum Gasteiger partial charge on any atom is 0.268 e. The Morgan fingerprint density at radius 2 is 2.19 bits per heavy atom. The van der Waals surface area contributed by atoms with Crippen LogP contribution in [0.25, 0.3) is 10.1 Å². The Bertz CT molecular complexity index is 529. The molecule has 0 fully saturated rings. The second-order valence-electron chi connectivity index (χ2n) is 3.93. The van der Waals surface area contributed by atoms with Gasteiger partial charge >= 0.3 is 0 Å². The molecule has 0 saturated heterocycles. The molecule has 0 saturated carbocycles. The third kappa shape index (κ3) is 2.03. The van der Waals surface area contributed by atoms with E-state index in [1.165, 1.54) is 11.5 Å². The largest absolute Gasteiger partial charge is 0.396 e. The maximum atomic E-state index is 12.0. The fourth-order valence-electron chi connectivity index (χ4n) is 1.78. The van der Waals surface area contributed by atoms with Crippen LogP contribution in [0, 0.1) is 0 Å². The summed E-state index contributed by atoms with van der Waals surface area (Å²) in [7, 11) is 0. The van der Waals surface area contributed by atoms with Gasteiger partial charge in [0.15, 0.2) is 0 Å². The van der Waals surface area contributed by atoms with Crippen molar-refractivity contribution in [3.05, 3.63) is 34.6 Å². The molecule has 1 aromatic carbocycles. The van der Waals surface area contributed by atoms with Crippen LogP contribution in [-0.2, 0) is 0 Å². The van der Waals surface area contributed by atoms with Crippen LogP contribution >= 0.6 is 11.5 Å². The molecule has 0 aliphatic heterocycles. The summed E-state index contributed by atoms with van der Waals surface area (Å²) in [5, 5.41) is 9.58. The quantitative estimate of drug-likeness (QED) is 0.887. The van der Waals surface area contributed by atoms with E-state index in [2.05, 4.69) is 0 Å². The monoisotopic (exact) mass is 237 g/mol. The van der Waals surface area contributed by atoms with Gasteiger partial charge in [-0.3, -0.25) is 8.75 Å². The van der Waals surface area contributed by atoms with E-state index in [0.29, 0.717) is 0 Å². The molecule has 4 heteroatoms. The van der Waals surface area contributed by atoms with E-state index in [-0.39, 0.29) is 18.2 Å². The first-order chi connectivity index (χ1) is 7.74. The first-order valence-corrected chi connectivity index (χ1v) is 6.23. The zero-order chi connectivity index (χ0) is 11.5. The van der Waals surface area contributed by atoms with E-state index in [1.54, 1.807) is 3.96 Å². The van der Waals surface area contributed by atoms with Crippen molar-refractivity contribution in [2.45, 2.75) is 25.8 Å². The van der Waals surface area contributed by atoms with Crippen LogP contribution in [0.5, 0.6) is 0 Å². The van der Waals surface area contributed by atoms with Crippen LogP contribution < -0.4 is 5.56 Å². The summed E-state index contributed by atoms with van der Waals surface area (Å²) >= 11 is 1.50. The van der Waals surface area contributed by atoms with Gasteiger partial charge in [-0.1, -0.05) is 23.7 Å². The summed E-state index contributed by atoms with van der Waals surface area (Å²) in [4.78, 5) is 12.0. The first kappa shape index (κ1) is 11.4. The molecule has 16 heavy (non-hydrogen) atoms. The van der Waals surface area contributed by atoms with Gasteiger partial charge in [0.05, 0.1) is 10.1 Å². The van der Waals surface area contributed by atoms with E-state index >= 15 is 0 Å². The van der Waals surface area contributed by atoms with E-state index in [4.69, 9.17) is 5.11 Å². The van der Waals surface area contributed by atoms with Crippen molar-refractivity contribution in [3.63, 3.8) is 0 Å². The summed E-state index contributed by atoms with van der Waals surface area (Å²) in [6, 6.07) is 7.83. The molecule has 1 heterocycles. The van der Waals surface area contributed by atoms with Crippen molar-refractivity contribution in [2.75, 3.05) is 6.61 Å². The van der Waals surface area contributed by atoms with Gasteiger partial charge in [-0.15, -0.1) is 0 Å². The van der Waals surface area contributed by atoms with Gasteiger partial charge in [-0.25, -0.2) is 0 Å².